The highest BCUT2D eigenvalue weighted by Crippen LogP contribution is 2.25. The van der Waals surface area contributed by atoms with Crippen LogP contribution in [0.25, 0.3) is 10.6 Å². The van der Waals surface area contributed by atoms with Crippen LogP contribution < -0.4 is 0 Å². The van der Waals surface area contributed by atoms with E-state index in [1.807, 2.05) is 5.38 Å². The number of aromatic nitrogens is 1. The lowest BCUT2D eigenvalue weighted by molar-refractivity contribution is -0.0316. The van der Waals surface area contributed by atoms with Crippen molar-refractivity contribution in [3.8, 4) is 10.6 Å². The summed E-state index contributed by atoms with van der Waals surface area (Å²) in [5.41, 5.74) is 3.18. The molecule has 0 aliphatic carbocycles. The largest absolute Gasteiger partial charge is 0.371 e. The van der Waals surface area contributed by atoms with Crippen molar-refractivity contribution in [3.63, 3.8) is 0 Å². The van der Waals surface area contributed by atoms with E-state index in [2.05, 4.69) is 50.0 Å². The lowest BCUT2D eigenvalue weighted by atomic mass is 10.1. The van der Waals surface area contributed by atoms with Crippen LogP contribution in [0.4, 0.5) is 0 Å². The Balaban J connectivity index is 2.03. The molecule has 20 heavy (non-hydrogen) atoms. The van der Waals surface area contributed by atoms with Crippen molar-refractivity contribution in [3.05, 3.63) is 40.9 Å². The molecule has 108 valence electrons. The van der Waals surface area contributed by atoms with Crippen molar-refractivity contribution < 1.29 is 4.74 Å². The van der Waals surface area contributed by atoms with Crippen LogP contribution in [0.2, 0.25) is 0 Å². The molecule has 0 saturated carbocycles. The highest BCUT2D eigenvalue weighted by atomic mass is 35.5. The number of thiazole rings is 1. The van der Waals surface area contributed by atoms with Gasteiger partial charge in [0.1, 0.15) is 5.01 Å². The molecule has 0 unspecified atom stereocenters. The van der Waals surface area contributed by atoms with Crippen LogP contribution >= 0.6 is 22.9 Å². The Bertz CT molecular complexity index is 548. The summed E-state index contributed by atoms with van der Waals surface area (Å²) in [6.45, 7) is 7.02. The van der Waals surface area contributed by atoms with Crippen LogP contribution in [-0.2, 0) is 17.2 Å². The number of halogens is 1. The van der Waals surface area contributed by atoms with Crippen molar-refractivity contribution in [2.45, 2.75) is 45.3 Å². The maximum absolute atomic E-state index is 5.90. The number of rotatable bonds is 6. The summed E-state index contributed by atoms with van der Waals surface area (Å²) in [6, 6.07) is 8.38. The standard InChI is InChI=1S/C16H20ClNOS/c1-4-16(2,3)19-10-12-5-7-13(8-6-12)15-18-14(9-17)11-20-15/h5-8,11H,4,9-10H2,1-3H3. The van der Waals surface area contributed by atoms with Crippen LogP contribution in [0.3, 0.4) is 0 Å². The van der Waals surface area contributed by atoms with Gasteiger partial charge in [0.25, 0.3) is 0 Å². The number of nitrogens with zero attached hydrogens (tertiary/aromatic N) is 1. The van der Waals surface area contributed by atoms with E-state index in [1.165, 1.54) is 5.56 Å². The molecule has 2 rings (SSSR count). The SMILES string of the molecule is CCC(C)(C)OCc1ccc(-c2nc(CCl)cs2)cc1. The predicted octanol–water partition coefficient (Wildman–Crippen LogP) is 5.25. The monoisotopic (exact) mass is 309 g/mol. The third-order valence-electron chi connectivity index (χ3n) is 3.37. The molecule has 0 aliphatic heterocycles. The maximum atomic E-state index is 5.90. The maximum Gasteiger partial charge on any atom is 0.123 e. The van der Waals surface area contributed by atoms with Gasteiger partial charge in [0.05, 0.1) is 23.8 Å². The molecule has 1 aromatic carbocycles. The summed E-state index contributed by atoms with van der Waals surface area (Å²) in [5, 5.41) is 3.02. The highest BCUT2D eigenvalue weighted by Gasteiger charge is 2.15. The minimum absolute atomic E-state index is 0.0662. The van der Waals surface area contributed by atoms with Crippen molar-refractivity contribution in [2.24, 2.45) is 0 Å². The first-order valence-electron chi connectivity index (χ1n) is 6.77. The van der Waals surface area contributed by atoms with Crippen LogP contribution in [0, 0.1) is 0 Å². The van der Waals surface area contributed by atoms with Crippen molar-refractivity contribution in [2.75, 3.05) is 0 Å². The van der Waals surface area contributed by atoms with Crippen molar-refractivity contribution >= 4 is 22.9 Å². The Hall–Kier alpha value is -0.900. The Morgan fingerprint density at radius 2 is 1.95 bits per heavy atom. The molecular formula is C16H20ClNOS. The summed E-state index contributed by atoms with van der Waals surface area (Å²) in [7, 11) is 0. The smallest absolute Gasteiger partial charge is 0.123 e. The first-order chi connectivity index (χ1) is 9.54. The molecule has 0 bridgehead atoms. The Kier molecular flexibility index (Phi) is 5.19. The van der Waals surface area contributed by atoms with Crippen molar-refractivity contribution in [1.29, 1.82) is 0 Å². The Labute approximate surface area is 129 Å². The number of alkyl halides is 1. The van der Waals surface area contributed by atoms with Crippen LogP contribution in [-0.4, -0.2) is 10.6 Å². The van der Waals surface area contributed by atoms with E-state index in [9.17, 15) is 0 Å². The molecule has 4 heteroatoms. The molecule has 0 N–H and O–H groups in total. The van der Waals surface area contributed by atoms with E-state index in [1.54, 1.807) is 11.3 Å². The fourth-order valence-corrected chi connectivity index (χ4v) is 2.68. The zero-order valence-electron chi connectivity index (χ0n) is 12.1. The van der Waals surface area contributed by atoms with Gasteiger partial charge in [-0.15, -0.1) is 22.9 Å². The second-order valence-electron chi connectivity index (χ2n) is 5.38. The van der Waals surface area contributed by atoms with E-state index < -0.39 is 0 Å². The van der Waals surface area contributed by atoms with E-state index in [0.717, 1.165) is 22.7 Å². The molecular weight excluding hydrogens is 290 g/mol. The Morgan fingerprint density at radius 1 is 1.25 bits per heavy atom. The van der Waals surface area contributed by atoms with Gasteiger partial charge in [-0.1, -0.05) is 31.2 Å². The normalized spacial score (nSPS) is 11.8. The summed E-state index contributed by atoms with van der Waals surface area (Å²) in [6.07, 6.45) is 1.01. The van der Waals surface area contributed by atoms with Gasteiger partial charge in [0.2, 0.25) is 0 Å². The minimum atomic E-state index is -0.0662. The van der Waals surface area contributed by atoms with E-state index in [-0.39, 0.29) is 5.60 Å². The third kappa shape index (κ3) is 4.05. The van der Waals surface area contributed by atoms with Crippen LogP contribution in [0.15, 0.2) is 29.6 Å². The predicted molar refractivity (Wildman–Crippen MR) is 86.3 cm³/mol. The van der Waals surface area contributed by atoms with Gasteiger partial charge < -0.3 is 4.74 Å². The number of benzene rings is 1. The molecule has 1 aromatic heterocycles. The number of hydrogen-bond donors (Lipinski definition) is 0. The average molecular weight is 310 g/mol. The van der Waals surface area contributed by atoms with Crippen molar-refractivity contribution in [1.82, 2.24) is 4.98 Å². The molecule has 0 fully saturated rings. The lowest BCUT2D eigenvalue weighted by Crippen LogP contribution is -2.22. The van der Waals surface area contributed by atoms with Gasteiger partial charge in [-0.3, -0.25) is 0 Å². The van der Waals surface area contributed by atoms with Gasteiger partial charge in [-0.05, 0) is 25.8 Å². The van der Waals surface area contributed by atoms with E-state index >= 15 is 0 Å². The summed E-state index contributed by atoms with van der Waals surface area (Å²) >= 11 is 7.41. The first-order valence-corrected chi connectivity index (χ1v) is 8.19. The van der Waals surface area contributed by atoms with Gasteiger partial charge in [0, 0.05) is 10.9 Å². The lowest BCUT2D eigenvalue weighted by Gasteiger charge is -2.23. The van der Waals surface area contributed by atoms with E-state index in [4.69, 9.17) is 16.3 Å². The Morgan fingerprint density at radius 3 is 2.50 bits per heavy atom. The molecule has 1 heterocycles. The highest BCUT2D eigenvalue weighted by molar-refractivity contribution is 7.13. The number of hydrogen-bond acceptors (Lipinski definition) is 3. The van der Waals surface area contributed by atoms with Gasteiger partial charge >= 0.3 is 0 Å². The third-order valence-corrected chi connectivity index (χ3v) is 4.58. The summed E-state index contributed by atoms with van der Waals surface area (Å²) in [5.74, 6) is 0.467. The summed E-state index contributed by atoms with van der Waals surface area (Å²) < 4.78 is 5.90. The summed E-state index contributed by atoms with van der Waals surface area (Å²) in [4.78, 5) is 4.48. The first kappa shape index (κ1) is 15.5. The van der Waals surface area contributed by atoms with Gasteiger partial charge in [-0.25, -0.2) is 4.98 Å². The quantitative estimate of drug-likeness (QED) is 0.679. The van der Waals surface area contributed by atoms with Gasteiger partial charge in [0.15, 0.2) is 0 Å². The number of ether oxygens (including phenoxy) is 1. The van der Waals surface area contributed by atoms with Crippen LogP contribution in [0.5, 0.6) is 0 Å². The van der Waals surface area contributed by atoms with Gasteiger partial charge in [-0.2, -0.15) is 0 Å². The fraction of sp³-hybridized carbons (Fsp3) is 0.438. The second-order valence-corrected chi connectivity index (χ2v) is 6.50. The van der Waals surface area contributed by atoms with E-state index in [0.29, 0.717) is 12.5 Å². The zero-order valence-corrected chi connectivity index (χ0v) is 13.7. The minimum Gasteiger partial charge on any atom is -0.371 e. The molecule has 0 amide bonds. The molecule has 2 aromatic rings. The fourth-order valence-electron chi connectivity index (χ4n) is 1.63. The molecule has 0 radical (unpaired) electrons. The molecule has 0 spiro atoms. The molecule has 2 nitrogen and oxygen atoms in total. The molecule has 0 saturated heterocycles. The molecule has 0 aliphatic rings. The molecule has 0 atom stereocenters. The average Bonchev–Trinajstić information content (AvgIpc) is 2.95. The second kappa shape index (κ2) is 6.70. The van der Waals surface area contributed by atoms with Crippen LogP contribution in [0.1, 0.15) is 38.4 Å². The zero-order chi connectivity index (χ0) is 14.6. The topological polar surface area (TPSA) is 22.1 Å².